The van der Waals surface area contributed by atoms with Crippen molar-refractivity contribution in [1.29, 1.82) is 0 Å². The first kappa shape index (κ1) is 27.2. The van der Waals surface area contributed by atoms with Crippen LogP contribution < -0.4 is 0 Å². The molecule has 0 bridgehead atoms. The van der Waals surface area contributed by atoms with E-state index in [1.54, 1.807) is 0 Å². The predicted octanol–water partition coefficient (Wildman–Crippen LogP) is 8.52. The fraction of sp³-hybridized carbons (Fsp3) is 1.00. The van der Waals surface area contributed by atoms with Gasteiger partial charge in [0.1, 0.15) is 0 Å². The van der Waals surface area contributed by atoms with Crippen LogP contribution in [0.5, 0.6) is 0 Å². The molecule has 0 saturated heterocycles. The number of rotatable bonds is 3. The molecule has 0 saturated carbocycles. The molecule has 0 radical (unpaired) electrons. The van der Waals surface area contributed by atoms with Gasteiger partial charge in [-0.1, -0.05) is 98.9 Å². The molecule has 0 aromatic heterocycles. The van der Waals surface area contributed by atoms with Crippen LogP contribution in [-0.4, -0.2) is 32.9 Å². The Labute approximate surface area is 164 Å². The predicted molar refractivity (Wildman–Crippen MR) is 114 cm³/mol. The van der Waals surface area contributed by atoms with E-state index in [9.17, 15) is 0 Å². The molecule has 0 fully saturated rings. The first-order valence-electron chi connectivity index (χ1n) is 8.28. The summed E-state index contributed by atoms with van der Waals surface area (Å²) in [6, 6.07) is 0. The summed E-state index contributed by atoms with van der Waals surface area (Å²) < 4.78 is 0. The van der Waals surface area contributed by atoms with Crippen LogP contribution in [0.15, 0.2) is 0 Å². The fourth-order valence-electron chi connectivity index (χ4n) is 3.55. The maximum atomic E-state index is 4.73. The Morgan fingerprint density at radius 3 is 0.739 bits per heavy atom. The third-order valence-electron chi connectivity index (χ3n) is 3.79. The van der Waals surface area contributed by atoms with Crippen molar-refractivity contribution >= 4 is 36.1 Å². The van der Waals surface area contributed by atoms with E-state index in [2.05, 4.69) is 83.1 Å². The van der Waals surface area contributed by atoms with Crippen LogP contribution in [-0.2, 0) is 12.9 Å². The van der Waals surface area contributed by atoms with Crippen molar-refractivity contribution in [3.63, 3.8) is 0 Å². The molecule has 0 aromatic rings. The van der Waals surface area contributed by atoms with E-state index in [1.165, 1.54) is 12.3 Å². The van der Waals surface area contributed by atoms with Crippen LogP contribution in [0.1, 0.15) is 83.1 Å². The zero-order chi connectivity index (χ0) is 19.3. The third kappa shape index (κ3) is 12.0. The Hall–Kier alpha value is 1.95. The Morgan fingerprint density at radius 2 is 0.652 bits per heavy atom. The van der Waals surface area contributed by atoms with Crippen molar-refractivity contribution in [3.05, 3.63) is 0 Å². The van der Waals surface area contributed by atoms with Gasteiger partial charge in [-0.25, -0.2) is 0 Å². The second-order valence-corrected chi connectivity index (χ2v) is 19.7. The van der Waals surface area contributed by atoms with Crippen molar-refractivity contribution < 1.29 is 12.9 Å². The monoisotopic (exact) mass is 447 g/mol. The second-order valence-electron chi connectivity index (χ2n) is 10.0. The zero-order valence-corrected chi connectivity index (χ0v) is 21.7. The van der Waals surface area contributed by atoms with Gasteiger partial charge in [-0.15, -0.1) is 0 Å². The molecule has 0 aliphatic heterocycles. The van der Waals surface area contributed by atoms with Crippen molar-refractivity contribution in [2.24, 2.45) is 0 Å². The number of hydrogen-bond donors (Lipinski definition) is 0. The summed E-state index contributed by atoms with van der Waals surface area (Å²) >= 11 is 0.382. The first-order valence-corrected chi connectivity index (χ1v) is 14.2. The van der Waals surface area contributed by atoms with Gasteiger partial charge in [0.25, 0.3) is 0 Å². The maximum absolute atomic E-state index is 4.73. The summed E-state index contributed by atoms with van der Waals surface area (Å²) in [6.07, 6.45) is 2.87. The summed E-state index contributed by atoms with van der Waals surface area (Å²) in [7, 11) is 9.56. The molecule has 0 heterocycles. The average Bonchev–Trinajstić information content (AvgIpc) is 2.17. The van der Waals surface area contributed by atoms with Gasteiger partial charge in [0, 0.05) is 0 Å². The Bertz CT molecular complexity index is 260. The van der Waals surface area contributed by atoms with Gasteiger partial charge in [-0.3, -0.25) is 0 Å². The minimum atomic E-state index is 0.0466. The van der Waals surface area contributed by atoms with E-state index in [0.29, 0.717) is 33.5 Å². The SMILES string of the molecule is CC(C)(C)P(CCP(C(C)(C)C)C(C)(C)C)C(C)(C)C.[Cl][Co][Cl]. The molecule has 145 valence electrons. The molecule has 0 aromatic carbocycles. The molecule has 5 heteroatoms. The van der Waals surface area contributed by atoms with Crippen LogP contribution in [0.4, 0.5) is 0 Å². The number of hydrogen-bond acceptors (Lipinski definition) is 0. The molecule has 0 amide bonds. The van der Waals surface area contributed by atoms with Gasteiger partial charge in [0.05, 0.1) is 0 Å². The summed E-state index contributed by atoms with van der Waals surface area (Å²) in [6.45, 7) is 29.3. The van der Waals surface area contributed by atoms with E-state index < -0.39 is 0 Å². The van der Waals surface area contributed by atoms with E-state index in [4.69, 9.17) is 20.3 Å². The molecule has 0 N–H and O–H groups in total. The van der Waals surface area contributed by atoms with Gasteiger partial charge in [0.2, 0.25) is 0 Å². The third-order valence-corrected chi connectivity index (χ3v) is 12.0. The zero-order valence-electron chi connectivity index (χ0n) is 17.4. The quantitative estimate of drug-likeness (QED) is 0.380. The van der Waals surface area contributed by atoms with Gasteiger partial charge >= 0.3 is 33.2 Å². The molecule has 0 aliphatic carbocycles. The van der Waals surface area contributed by atoms with Crippen molar-refractivity contribution in [2.45, 2.75) is 104 Å². The molecule has 23 heavy (non-hydrogen) atoms. The molecular formula is C18H40Cl2CoP2. The van der Waals surface area contributed by atoms with E-state index in [1.807, 2.05) is 0 Å². The Balaban J connectivity index is 0. The standard InChI is InChI=1S/C18H40P2.2ClH.Co/c1-15(2,3)19(16(4,5)6)13-14-20(17(7,8)9)18(10,11)12;;;/h13-14H2,1-12H3;2*1H;/q;;;+2/p-2. The topological polar surface area (TPSA) is 0 Å². The molecule has 0 rings (SSSR count). The normalized spacial score (nSPS) is 14.3. The molecule has 0 spiro atoms. The minimum absolute atomic E-state index is 0.0466. The van der Waals surface area contributed by atoms with Gasteiger partial charge < -0.3 is 0 Å². The fourth-order valence-corrected chi connectivity index (χ4v) is 11.9. The average molecular weight is 448 g/mol. The summed E-state index contributed by atoms with van der Waals surface area (Å²) in [4.78, 5) is 0. The van der Waals surface area contributed by atoms with Crippen LogP contribution >= 0.6 is 36.1 Å². The van der Waals surface area contributed by atoms with E-state index in [-0.39, 0.29) is 15.8 Å². The molecular weight excluding hydrogens is 408 g/mol. The second kappa shape index (κ2) is 10.3. The summed E-state index contributed by atoms with van der Waals surface area (Å²) in [5.74, 6) is 0. The molecule has 0 unspecified atom stereocenters. The molecule has 0 aliphatic rings. The van der Waals surface area contributed by atoms with Crippen LogP contribution in [0.2, 0.25) is 0 Å². The van der Waals surface area contributed by atoms with Gasteiger partial charge in [-0.05, 0) is 32.9 Å². The van der Waals surface area contributed by atoms with Gasteiger partial charge in [-0.2, -0.15) is 0 Å². The van der Waals surface area contributed by atoms with Gasteiger partial charge in [0.15, 0.2) is 0 Å². The van der Waals surface area contributed by atoms with Crippen molar-refractivity contribution in [2.75, 3.05) is 12.3 Å². The Kier molecular flexibility index (Phi) is 12.2. The van der Waals surface area contributed by atoms with E-state index >= 15 is 0 Å². The summed E-state index contributed by atoms with van der Waals surface area (Å²) in [5, 5.41) is 1.85. The molecule has 0 atom stereocenters. The number of halogens is 2. The first-order chi connectivity index (χ1) is 9.89. The van der Waals surface area contributed by atoms with Crippen LogP contribution in [0, 0.1) is 0 Å². The van der Waals surface area contributed by atoms with Crippen molar-refractivity contribution in [1.82, 2.24) is 0 Å². The van der Waals surface area contributed by atoms with E-state index in [0.717, 1.165) is 0 Å². The van der Waals surface area contributed by atoms with Crippen LogP contribution in [0.25, 0.3) is 0 Å². The summed E-state index contributed by atoms with van der Waals surface area (Å²) in [5.41, 5.74) is 0. The molecule has 0 nitrogen and oxygen atoms in total. The Morgan fingerprint density at radius 1 is 0.522 bits per heavy atom. The van der Waals surface area contributed by atoms with Crippen molar-refractivity contribution in [3.8, 4) is 0 Å². The van der Waals surface area contributed by atoms with Crippen LogP contribution in [0.3, 0.4) is 0 Å².